The Morgan fingerprint density at radius 2 is 2.23 bits per heavy atom. The molecule has 0 unspecified atom stereocenters. The Balaban J connectivity index is 1.73. The number of aryl methyl sites for hydroxylation is 2. The van der Waals surface area contributed by atoms with E-state index >= 15 is 0 Å². The van der Waals surface area contributed by atoms with E-state index in [4.69, 9.17) is 0 Å². The first kappa shape index (κ1) is 16.8. The molecule has 0 aliphatic carbocycles. The van der Waals surface area contributed by atoms with Gasteiger partial charge in [-0.25, -0.2) is 13.2 Å². The lowest BCUT2D eigenvalue weighted by molar-refractivity contribution is 0.235. The van der Waals surface area contributed by atoms with Crippen molar-refractivity contribution in [1.29, 1.82) is 0 Å². The standard InChI is InChI=1S/C14H24N4O3S/c1-10(8-18-12(3)6-11(2)17-18)7-15-14(19)16-13-4-5-22(20,21)9-13/h6,10,13H,4-5,7-9H2,1-3H3,(H2,15,16,19)/t10-,13+/m0/s1. The van der Waals surface area contributed by atoms with Gasteiger partial charge in [0.15, 0.2) is 9.84 Å². The van der Waals surface area contributed by atoms with E-state index in [1.165, 1.54) is 0 Å². The molecule has 1 aromatic heterocycles. The van der Waals surface area contributed by atoms with Crippen molar-refractivity contribution >= 4 is 15.9 Å². The molecule has 1 aliphatic heterocycles. The van der Waals surface area contributed by atoms with Crippen molar-refractivity contribution in [1.82, 2.24) is 20.4 Å². The third-order valence-corrected chi connectivity index (χ3v) is 5.53. The summed E-state index contributed by atoms with van der Waals surface area (Å²) in [7, 11) is -2.97. The molecule has 2 amide bonds. The van der Waals surface area contributed by atoms with Gasteiger partial charge in [0.1, 0.15) is 0 Å². The summed E-state index contributed by atoms with van der Waals surface area (Å²) in [5.74, 6) is 0.435. The number of urea groups is 1. The summed E-state index contributed by atoms with van der Waals surface area (Å²) in [6.07, 6.45) is 0.497. The van der Waals surface area contributed by atoms with Gasteiger partial charge in [0, 0.05) is 24.8 Å². The first-order chi connectivity index (χ1) is 10.2. The highest BCUT2D eigenvalue weighted by Gasteiger charge is 2.28. The lowest BCUT2D eigenvalue weighted by Gasteiger charge is -2.16. The fourth-order valence-electron chi connectivity index (χ4n) is 2.63. The van der Waals surface area contributed by atoms with Gasteiger partial charge in [-0.05, 0) is 32.3 Å². The second kappa shape index (κ2) is 6.68. The molecule has 0 aromatic carbocycles. The van der Waals surface area contributed by atoms with Crippen LogP contribution in [0.2, 0.25) is 0 Å². The normalized spacial score (nSPS) is 21.5. The van der Waals surface area contributed by atoms with Crippen molar-refractivity contribution in [2.75, 3.05) is 18.1 Å². The number of nitrogens with zero attached hydrogens (tertiary/aromatic N) is 2. The summed E-state index contributed by atoms with van der Waals surface area (Å²) >= 11 is 0. The minimum absolute atomic E-state index is 0.0434. The Hall–Kier alpha value is -1.57. The second-order valence-corrected chi connectivity index (χ2v) is 8.40. The number of hydrogen-bond donors (Lipinski definition) is 2. The van der Waals surface area contributed by atoms with Crippen LogP contribution in [0.4, 0.5) is 4.79 Å². The van der Waals surface area contributed by atoms with E-state index in [0.717, 1.165) is 17.9 Å². The molecule has 2 heterocycles. The molecule has 2 atom stereocenters. The zero-order valence-corrected chi connectivity index (χ0v) is 14.1. The largest absolute Gasteiger partial charge is 0.338 e. The van der Waals surface area contributed by atoms with E-state index in [2.05, 4.69) is 15.7 Å². The average molecular weight is 328 g/mol. The summed E-state index contributed by atoms with van der Waals surface area (Å²) in [5.41, 5.74) is 2.09. The lowest BCUT2D eigenvalue weighted by atomic mass is 10.2. The van der Waals surface area contributed by atoms with E-state index in [0.29, 0.717) is 13.0 Å². The first-order valence-corrected chi connectivity index (χ1v) is 9.33. The summed E-state index contributed by atoms with van der Waals surface area (Å²) in [5, 5.41) is 9.91. The topological polar surface area (TPSA) is 93.1 Å². The predicted octanol–water partition coefficient (Wildman–Crippen LogP) is 0.622. The fraction of sp³-hybridized carbons (Fsp3) is 0.714. The molecular weight excluding hydrogens is 304 g/mol. The van der Waals surface area contributed by atoms with Crippen LogP contribution in [0.25, 0.3) is 0 Å². The van der Waals surface area contributed by atoms with Gasteiger partial charge in [-0.3, -0.25) is 4.68 Å². The molecule has 1 saturated heterocycles. The van der Waals surface area contributed by atoms with Crippen LogP contribution in [-0.2, 0) is 16.4 Å². The van der Waals surface area contributed by atoms with Crippen LogP contribution < -0.4 is 10.6 Å². The summed E-state index contributed by atoms with van der Waals surface area (Å²) in [6, 6.07) is 1.45. The van der Waals surface area contributed by atoms with Crippen molar-refractivity contribution in [3.8, 4) is 0 Å². The molecule has 1 fully saturated rings. The van der Waals surface area contributed by atoms with Crippen LogP contribution in [-0.4, -0.2) is 48.3 Å². The number of rotatable bonds is 5. The predicted molar refractivity (Wildman–Crippen MR) is 84.5 cm³/mol. The van der Waals surface area contributed by atoms with Gasteiger partial charge in [0.25, 0.3) is 0 Å². The molecule has 2 N–H and O–H groups in total. The highest BCUT2D eigenvalue weighted by molar-refractivity contribution is 7.91. The highest BCUT2D eigenvalue weighted by atomic mass is 32.2. The number of sulfone groups is 1. The van der Waals surface area contributed by atoms with Crippen molar-refractivity contribution in [2.24, 2.45) is 5.92 Å². The Labute approximate surface area is 131 Å². The van der Waals surface area contributed by atoms with Crippen molar-refractivity contribution < 1.29 is 13.2 Å². The maximum Gasteiger partial charge on any atom is 0.315 e. The van der Waals surface area contributed by atoms with Crippen LogP contribution in [0.5, 0.6) is 0 Å². The van der Waals surface area contributed by atoms with Crippen LogP contribution >= 0.6 is 0 Å². The highest BCUT2D eigenvalue weighted by Crippen LogP contribution is 2.11. The first-order valence-electron chi connectivity index (χ1n) is 7.51. The maximum atomic E-state index is 11.8. The lowest BCUT2D eigenvalue weighted by Crippen LogP contribution is -2.44. The Kier molecular flexibility index (Phi) is 5.10. The zero-order chi connectivity index (χ0) is 16.3. The van der Waals surface area contributed by atoms with Gasteiger partial charge in [-0.1, -0.05) is 6.92 Å². The Bertz CT molecular complexity index is 639. The molecule has 124 valence electrons. The molecule has 0 bridgehead atoms. The number of carbonyl (C=O) groups excluding carboxylic acids is 1. The quantitative estimate of drug-likeness (QED) is 0.829. The van der Waals surface area contributed by atoms with Crippen LogP contribution in [0.15, 0.2) is 6.07 Å². The smallest absolute Gasteiger partial charge is 0.315 e. The molecule has 22 heavy (non-hydrogen) atoms. The molecule has 1 aromatic rings. The van der Waals surface area contributed by atoms with Gasteiger partial charge in [-0.15, -0.1) is 0 Å². The molecule has 0 saturated carbocycles. The van der Waals surface area contributed by atoms with Crippen molar-refractivity contribution in [3.63, 3.8) is 0 Å². The Morgan fingerprint density at radius 3 is 2.77 bits per heavy atom. The minimum atomic E-state index is -2.97. The molecule has 8 heteroatoms. The molecule has 2 rings (SSSR count). The number of aromatic nitrogens is 2. The zero-order valence-electron chi connectivity index (χ0n) is 13.3. The number of carbonyl (C=O) groups is 1. The summed E-state index contributed by atoms with van der Waals surface area (Å²) in [4.78, 5) is 11.8. The SMILES string of the molecule is Cc1cc(C)n(C[C@@H](C)CNC(=O)N[C@@H]2CCS(=O)(=O)C2)n1. The van der Waals surface area contributed by atoms with Gasteiger partial charge < -0.3 is 10.6 Å². The molecule has 7 nitrogen and oxygen atoms in total. The van der Waals surface area contributed by atoms with E-state index in [-0.39, 0.29) is 29.5 Å². The van der Waals surface area contributed by atoms with Crippen molar-refractivity contribution in [3.05, 3.63) is 17.5 Å². The molecule has 0 spiro atoms. The molecule has 1 aliphatic rings. The van der Waals surface area contributed by atoms with Crippen LogP contribution in [0.3, 0.4) is 0 Å². The Morgan fingerprint density at radius 1 is 1.50 bits per heavy atom. The number of nitrogens with one attached hydrogen (secondary N) is 2. The third kappa shape index (κ3) is 4.72. The minimum Gasteiger partial charge on any atom is -0.338 e. The molecular formula is C14H24N4O3S. The van der Waals surface area contributed by atoms with E-state index in [1.807, 2.05) is 31.5 Å². The van der Waals surface area contributed by atoms with E-state index in [1.54, 1.807) is 0 Å². The average Bonchev–Trinajstić information content (AvgIpc) is 2.89. The number of amides is 2. The van der Waals surface area contributed by atoms with Crippen molar-refractivity contribution in [2.45, 2.75) is 39.8 Å². The second-order valence-electron chi connectivity index (χ2n) is 6.17. The monoisotopic (exact) mass is 328 g/mol. The van der Waals surface area contributed by atoms with Crippen LogP contribution in [0.1, 0.15) is 24.7 Å². The van der Waals surface area contributed by atoms with Crippen LogP contribution in [0, 0.1) is 19.8 Å². The van der Waals surface area contributed by atoms with Gasteiger partial charge in [0.05, 0.1) is 17.2 Å². The van der Waals surface area contributed by atoms with E-state index < -0.39 is 9.84 Å². The van der Waals surface area contributed by atoms with Gasteiger partial charge in [0.2, 0.25) is 0 Å². The summed E-state index contributed by atoms with van der Waals surface area (Å²) < 4.78 is 24.6. The third-order valence-electron chi connectivity index (χ3n) is 3.77. The van der Waals surface area contributed by atoms with E-state index in [9.17, 15) is 13.2 Å². The summed E-state index contributed by atoms with van der Waals surface area (Å²) in [6.45, 7) is 7.25. The van der Waals surface area contributed by atoms with Gasteiger partial charge >= 0.3 is 6.03 Å². The molecule has 0 radical (unpaired) electrons. The van der Waals surface area contributed by atoms with Gasteiger partial charge in [-0.2, -0.15) is 5.10 Å². The fourth-order valence-corrected chi connectivity index (χ4v) is 4.31. The maximum absolute atomic E-state index is 11.8. The number of hydrogen-bond acceptors (Lipinski definition) is 4.